The molecule has 1 aromatic carbocycles. The van der Waals surface area contributed by atoms with Crippen LogP contribution in [0.2, 0.25) is 0 Å². The first kappa shape index (κ1) is 17.2. The molecule has 0 aliphatic carbocycles. The number of carbonyl (C=O) groups excluding carboxylic acids is 1. The minimum Gasteiger partial charge on any atom is -0.494 e. The SMILES string of the molecule is CCCCOc1ccc(C(=O)N2CC3(COC(C)(C)OC3)C2)cc1. The second-order valence-electron chi connectivity index (χ2n) is 7.36. The van der Waals surface area contributed by atoms with E-state index >= 15 is 0 Å². The summed E-state index contributed by atoms with van der Waals surface area (Å²) < 4.78 is 17.1. The van der Waals surface area contributed by atoms with Crippen LogP contribution in [-0.2, 0) is 9.47 Å². The van der Waals surface area contributed by atoms with Crippen molar-refractivity contribution in [1.29, 1.82) is 0 Å². The van der Waals surface area contributed by atoms with Gasteiger partial charge in [0.05, 0.1) is 25.2 Å². The molecule has 1 spiro atoms. The van der Waals surface area contributed by atoms with Crippen molar-refractivity contribution in [3.63, 3.8) is 0 Å². The number of benzene rings is 1. The van der Waals surface area contributed by atoms with E-state index in [1.54, 1.807) is 0 Å². The average molecular weight is 333 g/mol. The Kier molecular flexibility index (Phi) is 4.83. The zero-order valence-corrected chi connectivity index (χ0v) is 14.8. The first-order valence-electron chi connectivity index (χ1n) is 8.73. The summed E-state index contributed by atoms with van der Waals surface area (Å²) in [6.07, 6.45) is 2.15. The van der Waals surface area contributed by atoms with Gasteiger partial charge in [0, 0.05) is 18.7 Å². The van der Waals surface area contributed by atoms with E-state index in [2.05, 4.69) is 6.92 Å². The van der Waals surface area contributed by atoms with Gasteiger partial charge in [-0.3, -0.25) is 4.79 Å². The van der Waals surface area contributed by atoms with E-state index < -0.39 is 5.79 Å². The second-order valence-corrected chi connectivity index (χ2v) is 7.36. The van der Waals surface area contributed by atoms with Crippen LogP contribution >= 0.6 is 0 Å². The Balaban J connectivity index is 1.51. The van der Waals surface area contributed by atoms with E-state index in [-0.39, 0.29) is 11.3 Å². The summed E-state index contributed by atoms with van der Waals surface area (Å²) in [4.78, 5) is 14.4. The zero-order chi connectivity index (χ0) is 17.2. The van der Waals surface area contributed by atoms with Gasteiger partial charge in [0.1, 0.15) is 5.75 Å². The van der Waals surface area contributed by atoms with Crippen molar-refractivity contribution in [2.45, 2.75) is 39.4 Å². The maximum absolute atomic E-state index is 12.6. The van der Waals surface area contributed by atoms with Crippen LogP contribution in [0, 0.1) is 5.41 Å². The maximum Gasteiger partial charge on any atom is 0.253 e. The molecule has 5 nitrogen and oxygen atoms in total. The highest BCUT2D eigenvalue weighted by Gasteiger charge is 2.50. The van der Waals surface area contributed by atoms with Crippen molar-refractivity contribution in [2.24, 2.45) is 5.41 Å². The zero-order valence-electron chi connectivity index (χ0n) is 14.8. The molecule has 2 heterocycles. The number of likely N-dealkylation sites (tertiary alicyclic amines) is 1. The molecule has 0 saturated carbocycles. The van der Waals surface area contributed by atoms with Crippen LogP contribution in [0.4, 0.5) is 0 Å². The fourth-order valence-electron chi connectivity index (χ4n) is 3.04. The molecule has 0 unspecified atom stereocenters. The van der Waals surface area contributed by atoms with Gasteiger partial charge in [0.25, 0.3) is 5.91 Å². The van der Waals surface area contributed by atoms with Gasteiger partial charge in [-0.25, -0.2) is 0 Å². The Morgan fingerprint density at radius 3 is 2.38 bits per heavy atom. The van der Waals surface area contributed by atoms with Crippen LogP contribution < -0.4 is 4.74 Å². The van der Waals surface area contributed by atoms with Crippen molar-refractivity contribution in [2.75, 3.05) is 32.9 Å². The Labute approximate surface area is 143 Å². The molecule has 0 aromatic heterocycles. The Bertz CT molecular complexity index is 564. The summed E-state index contributed by atoms with van der Waals surface area (Å²) in [6, 6.07) is 7.42. The van der Waals surface area contributed by atoms with Gasteiger partial charge in [0.15, 0.2) is 5.79 Å². The third-order valence-corrected chi connectivity index (χ3v) is 4.66. The number of amides is 1. The van der Waals surface area contributed by atoms with Gasteiger partial charge in [-0.2, -0.15) is 0 Å². The van der Waals surface area contributed by atoms with E-state index in [1.165, 1.54) is 0 Å². The smallest absolute Gasteiger partial charge is 0.253 e. The maximum atomic E-state index is 12.6. The summed E-state index contributed by atoms with van der Waals surface area (Å²) in [7, 11) is 0. The molecule has 5 heteroatoms. The molecule has 0 atom stereocenters. The van der Waals surface area contributed by atoms with Crippen molar-refractivity contribution >= 4 is 5.91 Å². The first-order valence-corrected chi connectivity index (χ1v) is 8.73. The molecule has 2 aliphatic heterocycles. The fraction of sp³-hybridized carbons (Fsp3) is 0.632. The van der Waals surface area contributed by atoms with Gasteiger partial charge in [-0.05, 0) is 44.5 Å². The number of rotatable bonds is 5. The Morgan fingerprint density at radius 1 is 1.17 bits per heavy atom. The molecule has 2 saturated heterocycles. The molecule has 132 valence electrons. The highest BCUT2D eigenvalue weighted by molar-refractivity contribution is 5.95. The van der Waals surface area contributed by atoms with E-state index in [0.29, 0.717) is 31.9 Å². The normalized spacial score (nSPS) is 21.4. The molecule has 0 radical (unpaired) electrons. The largest absolute Gasteiger partial charge is 0.494 e. The molecule has 1 aromatic rings. The van der Waals surface area contributed by atoms with Crippen molar-refractivity contribution in [1.82, 2.24) is 4.90 Å². The summed E-state index contributed by atoms with van der Waals surface area (Å²) in [5.41, 5.74) is 0.666. The molecule has 2 fully saturated rings. The van der Waals surface area contributed by atoms with Crippen LogP contribution in [0.5, 0.6) is 5.75 Å². The van der Waals surface area contributed by atoms with Gasteiger partial charge in [0.2, 0.25) is 0 Å². The predicted molar refractivity (Wildman–Crippen MR) is 91.2 cm³/mol. The quantitative estimate of drug-likeness (QED) is 0.777. The van der Waals surface area contributed by atoms with Gasteiger partial charge < -0.3 is 19.1 Å². The lowest BCUT2D eigenvalue weighted by Crippen LogP contribution is -2.65. The lowest BCUT2D eigenvalue weighted by atomic mass is 9.80. The van der Waals surface area contributed by atoms with E-state index in [9.17, 15) is 4.79 Å². The number of carbonyl (C=O) groups is 1. The third-order valence-electron chi connectivity index (χ3n) is 4.66. The fourth-order valence-corrected chi connectivity index (χ4v) is 3.04. The number of nitrogens with zero attached hydrogens (tertiary/aromatic N) is 1. The van der Waals surface area contributed by atoms with Crippen LogP contribution in [0.3, 0.4) is 0 Å². The molecule has 0 N–H and O–H groups in total. The summed E-state index contributed by atoms with van der Waals surface area (Å²) in [6.45, 7) is 9.37. The van der Waals surface area contributed by atoms with Gasteiger partial charge in [-0.1, -0.05) is 13.3 Å². The Hall–Kier alpha value is -1.59. The topological polar surface area (TPSA) is 48.0 Å². The molecular formula is C19H27NO4. The molecule has 24 heavy (non-hydrogen) atoms. The van der Waals surface area contributed by atoms with E-state index in [1.807, 2.05) is 43.0 Å². The predicted octanol–water partition coefficient (Wildman–Crippen LogP) is 3.09. The summed E-state index contributed by atoms with van der Waals surface area (Å²) in [5, 5.41) is 0. The molecular weight excluding hydrogens is 306 g/mol. The number of hydrogen-bond acceptors (Lipinski definition) is 4. The van der Waals surface area contributed by atoms with Crippen LogP contribution in [0.15, 0.2) is 24.3 Å². The highest BCUT2D eigenvalue weighted by atomic mass is 16.7. The second kappa shape index (κ2) is 6.73. The van der Waals surface area contributed by atoms with Crippen molar-refractivity contribution in [3.8, 4) is 5.75 Å². The lowest BCUT2D eigenvalue weighted by Gasteiger charge is -2.54. The number of unbranched alkanes of at least 4 members (excludes halogenated alkanes) is 1. The number of hydrogen-bond donors (Lipinski definition) is 0. The molecule has 2 aliphatic rings. The van der Waals surface area contributed by atoms with Crippen LogP contribution in [0.25, 0.3) is 0 Å². The van der Waals surface area contributed by atoms with Crippen molar-refractivity contribution in [3.05, 3.63) is 29.8 Å². The highest BCUT2D eigenvalue weighted by Crippen LogP contribution is 2.38. The average Bonchev–Trinajstić information content (AvgIpc) is 2.54. The van der Waals surface area contributed by atoms with Crippen LogP contribution in [0.1, 0.15) is 44.0 Å². The molecule has 1 amide bonds. The van der Waals surface area contributed by atoms with Gasteiger partial charge >= 0.3 is 0 Å². The minimum absolute atomic E-state index is 0.0333. The standard InChI is InChI=1S/C19H27NO4/c1-4-5-10-22-16-8-6-15(7-9-16)17(21)20-11-19(12-20)13-23-18(2,3)24-14-19/h6-9H,4-5,10-14H2,1-3H3. The first-order chi connectivity index (χ1) is 11.4. The molecule has 0 bridgehead atoms. The third kappa shape index (κ3) is 3.73. The van der Waals surface area contributed by atoms with E-state index in [4.69, 9.17) is 14.2 Å². The summed E-state index contributed by atoms with van der Waals surface area (Å²) >= 11 is 0. The number of ether oxygens (including phenoxy) is 3. The van der Waals surface area contributed by atoms with E-state index in [0.717, 1.165) is 25.2 Å². The summed E-state index contributed by atoms with van der Waals surface area (Å²) in [5.74, 6) is 0.366. The van der Waals surface area contributed by atoms with Gasteiger partial charge in [-0.15, -0.1) is 0 Å². The van der Waals surface area contributed by atoms with Crippen molar-refractivity contribution < 1.29 is 19.0 Å². The monoisotopic (exact) mass is 333 g/mol. The van der Waals surface area contributed by atoms with Crippen LogP contribution in [-0.4, -0.2) is 49.5 Å². The minimum atomic E-state index is -0.511. The Morgan fingerprint density at radius 2 is 1.79 bits per heavy atom. The lowest BCUT2D eigenvalue weighted by molar-refractivity contribution is -0.301. The molecule has 3 rings (SSSR count).